The minimum absolute atomic E-state index is 0.212. The second-order valence-corrected chi connectivity index (χ2v) is 17.5. The molecule has 0 amide bonds. The Morgan fingerprint density at radius 3 is 1.07 bits per heavy atom. The first kappa shape index (κ1) is 34.6. The summed E-state index contributed by atoms with van der Waals surface area (Å²) in [5, 5.41) is 15.9. The Bertz CT molecular complexity index is 3360. The zero-order valence-corrected chi connectivity index (χ0v) is 34.0. The first-order valence-electron chi connectivity index (χ1n) is 21.9. The Morgan fingerprint density at radius 1 is 0.279 bits per heavy atom. The second kappa shape index (κ2) is 13.4. The summed E-state index contributed by atoms with van der Waals surface area (Å²) in [5.41, 5.74) is 13.4. The van der Waals surface area contributed by atoms with E-state index in [9.17, 15) is 0 Å². The van der Waals surface area contributed by atoms with Gasteiger partial charge in [-0.25, -0.2) is 0 Å². The SMILES string of the molecule is c1ccc(CCC2(CCc3ccccc3)c3cc(-c4ccc5ccc6cccc7ccc4c5c67)ccc3-c3ccc(-c4ccc5ccc6cccc7ccc4c5c67)cc32)cc1. The number of hydrogen-bond acceptors (Lipinski definition) is 0. The highest BCUT2D eigenvalue weighted by molar-refractivity contribution is 6.26. The van der Waals surface area contributed by atoms with Crippen molar-refractivity contribution in [2.24, 2.45) is 0 Å². The van der Waals surface area contributed by atoms with E-state index >= 15 is 0 Å². The van der Waals surface area contributed by atoms with Crippen molar-refractivity contribution in [1.29, 1.82) is 0 Å². The average molecular weight is 775 g/mol. The Hall–Kier alpha value is -7.28. The number of benzene rings is 12. The lowest BCUT2D eigenvalue weighted by molar-refractivity contribution is 0.446. The van der Waals surface area contributed by atoms with Gasteiger partial charge in [0.25, 0.3) is 0 Å². The molecule has 0 heteroatoms. The summed E-state index contributed by atoms with van der Waals surface area (Å²) in [5.74, 6) is 0. The van der Waals surface area contributed by atoms with Gasteiger partial charge in [0, 0.05) is 5.41 Å². The lowest BCUT2D eigenvalue weighted by Gasteiger charge is -2.33. The lowest BCUT2D eigenvalue weighted by Crippen LogP contribution is -2.27. The number of aryl methyl sites for hydroxylation is 2. The van der Waals surface area contributed by atoms with Crippen LogP contribution in [0.1, 0.15) is 35.1 Å². The van der Waals surface area contributed by atoms with E-state index < -0.39 is 0 Å². The van der Waals surface area contributed by atoms with E-state index in [1.807, 2.05) is 0 Å². The van der Waals surface area contributed by atoms with Crippen LogP contribution in [0.3, 0.4) is 0 Å². The van der Waals surface area contributed by atoms with Crippen LogP contribution < -0.4 is 0 Å². The fourth-order valence-corrected chi connectivity index (χ4v) is 11.5. The molecule has 13 rings (SSSR count). The zero-order chi connectivity index (χ0) is 40.1. The van der Waals surface area contributed by atoms with Crippen LogP contribution in [0, 0.1) is 0 Å². The van der Waals surface area contributed by atoms with Crippen molar-refractivity contribution in [2.45, 2.75) is 31.1 Å². The quantitative estimate of drug-likeness (QED) is 0.135. The highest BCUT2D eigenvalue weighted by Crippen LogP contribution is 2.56. The summed E-state index contributed by atoms with van der Waals surface area (Å²) in [6.45, 7) is 0. The van der Waals surface area contributed by atoms with Crippen molar-refractivity contribution < 1.29 is 0 Å². The molecule has 0 saturated carbocycles. The van der Waals surface area contributed by atoms with Gasteiger partial charge in [0.2, 0.25) is 0 Å². The number of hydrogen-bond donors (Lipinski definition) is 0. The summed E-state index contributed by atoms with van der Waals surface area (Å²) in [7, 11) is 0. The van der Waals surface area contributed by atoms with E-state index in [2.05, 4.69) is 206 Å². The van der Waals surface area contributed by atoms with Gasteiger partial charge in [-0.1, -0.05) is 194 Å². The minimum Gasteiger partial charge on any atom is -0.0622 e. The van der Waals surface area contributed by atoms with Crippen molar-refractivity contribution in [1.82, 2.24) is 0 Å². The fourth-order valence-electron chi connectivity index (χ4n) is 11.5. The molecule has 0 nitrogen and oxygen atoms in total. The maximum absolute atomic E-state index is 2.59. The molecule has 61 heavy (non-hydrogen) atoms. The van der Waals surface area contributed by atoms with Crippen LogP contribution in [-0.2, 0) is 18.3 Å². The van der Waals surface area contributed by atoms with Crippen molar-refractivity contribution >= 4 is 64.6 Å². The Kier molecular flexibility index (Phi) is 7.57. The summed E-state index contributed by atoms with van der Waals surface area (Å²) in [6.07, 6.45) is 4.04. The number of rotatable bonds is 8. The lowest BCUT2D eigenvalue weighted by atomic mass is 9.69. The first-order valence-corrected chi connectivity index (χ1v) is 21.9. The third kappa shape index (κ3) is 5.25. The first-order chi connectivity index (χ1) is 30.2. The van der Waals surface area contributed by atoms with Crippen LogP contribution in [0.5, 0.6) is 0 Å². The van der Waals surface area contributed by atoms with Gasteiger partial charge >= 0.3 is 0 Å². The van der Waals surface area contributed by atoms with Gasteiger partial charge in [-0.15, -0.1) is 0 Å². The molecule has 0 fully saturated rings. The molecule has 0 unspecified atom stereocenters. The molecular formula is C61H42. The molecule has 1 aliphatic rings. The van der Waals surface area contributed by atoms with Crippen LogP contribution in [0.25, 0.3) is 98.0 Å². The maximum atomic E-state index is 2.59. The summed E-state index contributed by atoms with van der Waals surface area (Å²) in [4.78, 5) is 0. The monoisotopic (exact) mass is 774 g/mol. The van der Waals surface area contributed by atoms with Gasteiger partial charge in [0.1, 0.15) is 0 Å². The molecule has 0 atom stereocenters. The molecule has 0 heterocycles. The molecular weight excluding hydrogens is 733 g/mol. The van der Waals surface area contributed by atoms with Crippen molar-refractivity contribution in [3.05, 3.63) is 229 Å². The summed E-state index contributed by atoms with van der Waals surface area (Å²) >= 11 is 0. The van der Waals surface area contributed by atoms with Crippen molar-refractivity contribution in [3.8, 4) is 33.4 Å². The summed E-state index contributed by atoms with van der Waals surface area (Å²) in [6, 6.07) is 78.5. The van der Waals surface area contributed by atoms with Crippen LogP contribution in [-0.4, -0.2) is 0 Å². The predicted molar refractivity (Wildman–Crippen MR) is 260 cm³/mol. The van der Waals surface area contributed by atoms with E-state index in [4.69, 9.17) is 0 Å². The second-order valence-electron chi connectivity index (χ2n) is 17.5. The molecule has 0 radical (unpaired) electrons. The normalized spacial score (nSPS) is 13.3. The predicted octanol–water partition coefficient (Wildman–Crippen LogP) is 16.3. The van der Waals surface area contributed by atoms with Gasteiger partial charge in [-0.05, 0) is 158 Å². The van der Waals surface area contributed by atoms with Gasteiger partial charge in [-0.2, -0.15) is 0 Å². The van der Waals surface area contributed by atoms with E-state index in [0.717, 1.165) is 25.7 Å². The largest absolute Gasteiger partial charge is 0.0622 e. The molecule has 0 aromatic heterocycles. The van der Waals surface area contributed by atoms with Crippen molar-refractivity contribution in [2.75, 3.05) is 0 Å². The maximum Gasteiger partial charge on any atom is 0.0222 e. The smallest absolute Gasteiger partial charge is 0.0222 e. The zero-order valence-electron chi connectivity index (χ0n) is 34.0. The Morgan fingerprint density at radius 2 is 0.639 bits per heavy atom. The van der Waals surface area contributed by atoms with Gasteiger partial charge in [0.15, 0.2) is 0 Å². The topological polar surface area (TPSA) is 0 Å². The highest BCUT2D eigenvalue weighted by atomic mass is 14.5. The molecule has 0 saturated heterocycles. The van der Waals surface area contributed by atoms with Gasteiger partial charge in [-0.3, -0.25) is 0 Å². The van der Waals surface area contributed by atoms with Crippen LogP contribution in [0.15, 0.2) is 206 Å². The molecule has 0 N–H and O–H groups in total. The molecule has 0 spiro atoms. The van der Waals surface area contributed by atoms with E-state index in [0.29, 0.717) is 0 Å². The van der Waals surface area contributed by atoms with Crippen LogP contribution in [0.4, 0.5) is 0 Å². The van der Waals surface area contributed by atoms with Crippen LogP contribution in [0.2, 0.25) is 0 Å². The van der Waals surface area contributed by atoms with Crippen molar-refractivity contribution in [3.63, 3.8) is 0 Å². The third-order valence-corrected chi connectivity index (χ3v) is 14.4. The Labute approximate surface area is 356 Å². The molecule has 286 valence electrons. The van der Waals surface area contributed by atoms with E-state index in [1.54, 1.807) is 0 Å². The molecule has 0 bridgehead atoms. The van der Waals surface area contributed by atoms with E-state index in [1.165, 1.54) is 120 Å². The van der Waals surface area contributed by atoms with Crippen LogP contribution >= 0.6 is 0 Å². The third-order valence-electron chi connectivity index (χ3n) is 14.4. The molecule has 12 aromatic rings. The standard InChI is InChI=1S/C61H42/c1-3-9-39(10-4-1)33-35-61(36-34-40-11-5-2-6-12-40)55-37-47(49-27-21-45-19-17-41-13-7-15-43-23-31-53(49)59(45)57(41)43)25-29-51(55)52-30-26-48(38-56(52)61)50-28-22-46-20-18-42-14-8-16-44-24-32-54(50)60(46)58(42)44/h1-32,37-38H,33-36H2. The fraction of sp³-hybridized carbons (Fsp3) is 0.0820. The summed E-state index contributed by atoms with van der Waals surface area (Å²) < 4.78 is 0. The molecule has 12 aromatic carbocycles. The highest BCUT2D eigenvalue weighted by Gasteiger charge is 2.43. The average Bonchev–Trinajstić information content (AvgIpc) is 3.59. The molecule has 0 aliphatic heterocycles. The minimum atomic E-state index is -0.212. The van der Waals surface area contributed by atoms with Gasteiger partial charge < -0.3 is 0 Å². The molecule has 1 aliphatic carbocycles. The number of fused-ring (bicyclic) bond motifs is 3. The Balaban J connectivity index is 1.04. The van der Waals surface area contributed by atoms with E-state index in [-0.39, 0.29) is 5.41 Å². The van der Waals surface area contributed by atoms with Gasteiger partial charge in [0.05, 0.1) is 0 Å².